The van der Waals surface area contributed by atoms with Crippen LogP contribution in [0, 0.1) is 18.7 Å². The molecule has 0 radical (unpaired) electrons. The summed E-state index contributed by atoms with van der Waals surface area (Å²) in [7, 11) is 0. The van der Waals surface area contributed by atoms with Crippen molar-refractivity contribution < 1.29 is 18.4 Å². The first kappa shape index (κ1) is 21.5. The van der Waals surface area contributed by atoms with Crippen molar-refractivity contribution in [3.05, 3.63) is 81.6 Å². The third kappa shape index (κ3) is 4.64. The van der Waals surface area contributed by atoms with Gasteiger partial charge in [0.1, 0.15) is 17.1 Å². The molecule has 0 saturated carbocycles. The van der Waals surface area contributed by atoms with Gasteiger partial charge >= 0.3 is 0 Å². The number of nitrogens with one attached hydrogen (secondary N) is 2. The molecule has 0 unspecified atom stereocenters. The first-order valence-electron chi connectivity index (χ1n) is 10.5. The number of benzene rings is 1. The van der Waals surface area contributed by atoms with Crippen LogP contribution in [0.5, 0.6) is 0 Å². The average molecular weight is 437 g/mol. The Morgan fingerprint density at radius 1 is 1.19 bits per heavy atom. The van der Waals surface area contributed by atoms with Crippen molar-refractivity contribution in [2.45, 2.75) is 26.3 Å². The Balaban J connectivity index is 1.32. The van der Waals surface area contributed by atoms with Gasteiger partial charge in [-0.3, -0.25) is 14.4 Å². The van der Waals surface area contributed by atoms with Crippen molar-refractivity contribution in [2.75, 3.05) is 13.1 Å². The topological polar surface area (TPSA) is 95.4 Å². The summed E-state index contributed by atoms with van der Waals surface area (Å²) < 4.78 is 18.9. The van der Waals surface area contributed by atoms with Crippen molar-refractivity contribution in [3.63, 3.8) is 0 Å². The van der Waals surface area contributed by atoms with Crippen LogP contribution in [0.3, 0.4) is 0 Å². The number of aromatic nitrogens is 1. The summed E-state index contributed by atoms with van der Waals surface area (Å²) in [5.41, 5.74) is 1.34. The van der Waals surface area contributed by atoms with Crippen molar-refractivity contribution in [3.8, 4) is 11.5 Å². The van der Waals surface area contributed by atoms with Gasteiger partial charge in [0.2, 0.25) is 5.91 Å². The van der Waals surface area contributed by atoms with Crippen LogP contribution in [0.25, 0.3) is 11.5 Å². The predicted octanol–water partition coefficient (Wildman–Crippen LogP) is 3.25. The van der Waals surface area contributed by atoms with E-state index >= 15 is 0 Å². The predicted molar refractivity (Wildman–Crippen MR) is 116 cm³/mol. The van der Waals surface area contributed by atoms with Gasteiger partial charge in [-0.1, -0.05) is 12.1 Å². The number of piperidine rings is 1. The minimum absolute atomic E-state index is 0.0598. The minimum atomic E-state index is -0.478. The maximum Gasteiger partial charge on any atom is 0.261 e. The van der Waals surface area contributed by atoms with Crippen LogP contribution in [0.15, 0.2) is 57.9 Å². The molecule has 0 aliphatic carbocycles. The number of rotatable bonds is 5. The van der Waals surface area contributed by atoms with Gasteiger partial charge in [-0.05, 0) is 61.2 Å². The molecule has 0 spiro atoms. The lowest BCUT2D eigenvalue weighted by Gasteiger charge is -2.31. The molecule has 0 bridgehead atoms. The van der Waals surface area contributed by atoms with Crippen molar-refractivity contribution in [1.82, 2.24) is 15.2 Å². The third-order valence-corrected chi connectivity index (χ3v) is 5.78. The number of aryl methyl sites for hydroxylation is 1. The number of hydrogen-bond donors (Lipinski definition) is 2. The number of nitrogens with zero attached hydrogens (tertiary/aromatic N) is 1. The summed E-state index contributed by atoms with van der Waals surface area (Å²) in [6.07, 6.45) is 2.51. The Labute approximate surface area is 184 Å². The lowest BCUT2D eigenvalue weighted by Crippen LogP contribution is -2.44. The lowest BCUT2D eigenvalue weighted by molar-refractivity contribution is -0.126. The van der Waals surface area contributed by atoms with E-state index < -0.39 is 5.56 Å². The van der Waals surface area contributed by atoms with Crippen LogP contribution >= 0.6 is 0 Å². The summed E-state index contributed by atoms with van der Waals surface area (Å²) >= 11 is 0. The Morgan fingerprint density at radius 3 is 2.62 bits per heavy atom. The van der Waals surface area contributed by atoms with Gasteiger partial charge in [-0.2, -0.15) is 0 Å². The van der Waals surface area contributed by atoms with Crippen LogP contribution in [0.2, 0.25) is 0 Å². The quantitative estimate of drug-likeness (QED) is 0.641. The number of H-pyrrole nitrogens is 1. The molecule has 166 valence electrons. The van der Waals surface area contributed by atoms with Gasteiger partial charge in [0.15, 0.2) is 0 Å². The Bertz CT molecular complexity index is 1180. The highest BCUT2D eigenvalue weighted by Gasteiger charge is 2.28. The van der Waals surface area contributed by atoms with Crippen LogP contribution in [0.4, 0.5) is 4.39 Å². The number of hydrogen-bond acceptors (Lipinski definition) is 4. The van der Waals surface area contributed by atoms with Crippen LogP contribution in [-0.4, -0.2) is 34.8 Å². The SMILES string of the molecule is Cc1ccc(CNC(=O)C2CCN(C(=O)c3ccc(-c4ccco4)[nH]c3=O)CC2)cc1F. The maximum absolute atomic E-state index is 13.7. The van der Waals surface area contributed by atoms with E-state index in [4.69, 9.17) is 4.42 Å². The Hall–Kier alpha value is -3.68. The van der Waals surface area contributed by atoms with E-state index in [0.29, 0.717) is 48.5 Å². The fourth-order valence-corrected chi connectivity index (χ4v) is 3.81. The van der Waals surface area contributed by atoms with E-state index in [1.807, 2.05) is 0 Å². The molecule has 0 atom stereocenters. The van der Waals surface area contributed by atoms with Crippen molar-refractivity contribution >= 4 is 11.8 Å². The Kier molecular flexibility index (Phi) is 6.20. The monoisotopic (exact) mass is 437 g/mol. The summed E-state index contributed by atoms with van der Waals surface area (Å²) in [4.78, 5) is 42.0. The highest BCUT2D eigenvalue weighted by atomic mass is 19.1. The molecule has 1 saturated heterocycles. The number of aromatic amines is 1. The second-order valence-electron chi connectivity index (χ2n) is 7.96. The fraction of sp³-hybridized carbons (Fsp3) is 0.292. The number of carbonyl (C=O) groups is 2. The fourth-order valence-electron chi connectivity index (χ4n) is 3.81. The van der Waals surface area contributed by atoms with E-state index in [1.165, 1.54) is 18.4 Å². The van der Waals surface area contributed by atoms with Crippen molar-refractivity contribution in [2.24, 2.45) is 5.92 Å². The summed E-state index contributed by atoms with van der Waals surface area (Å²) in [5, 5.41) is 2.85. The second-order valence-corrected chi connectivity index (χ2v) is 7.96. The molecule has 2 N–H and O–H groups in total. The maximum atomic E-state index is 13.7. The zero-order valence-corrected chi connectivity index (χ0v) is 17.7. The molecule has 3 heterocycles. The van der Waals surface area contributed by atoms with Gasteiger partial charge < -0.3 is 19.6 Å². The van der Waals surface area contributed by atoms with Gasteiger partial charge in [0, 0.05) is 25.6 Å². The normalized spacial score (nSPS) is 14.4. The number of furan rings is 1. The largest absolute Gasteiger partial charge is 0.463 e. The number of carbonyl (C=O) groups excluding carboxylic acids is 2. The third-order valence-electron chi connectivity index (χ3n) is 5.78. The molecule has 1 aliphatic heterocycles. The van der Waals surface area contributed by atoms with Gasteiger partial charge in [0.25, 0.3) is 11.5 Å². The van der Waals surface area contributed by atoms with E-state index in [0.717, 1.165) is 0 Å². The number of amides is 2. The Morgan fingerprint density at radius 2 is 1.97 bits per heavy atom. The first-order chi connectivity index (χ1) is 15.4. The molecule has 8 heteroatoms. The lowest BCUT2D eigenvalue weighted by atomic mass is 9.95. The number of pyridine rings is 1. The molecule has 7 nitrogen and oxygen atoms in total. The standard InChI is InChI=1S/C24H24FN3O4/c1-15-4-5-16(13-19(15)25)14-26-22(29)17-8-10-28(11-9-17)24(31)18-6-7-20(27-23(18)30)21-3-2-12-32-21/h2-7,12-13,17H,8-11,14H2,1H3,(H,26,29)(H,27,30). The minimum Gasteiger partial charge on any atom is -0.463 e. The van der Waals surface area contributed by atoms with Gasteiger partial charge in [-0.15, -0.1) is 0 Å². The molecule has 2 aromatic heterocycles. The number of likely N-dealkylation sites (tertiary alicyclic amines) is 1. The summed E-state index contributed by atoms with van der Waals surface area (Å²) in [6.45, 7) is 2.71. The van der Waals surface area contributed by atoms with E-state index in [9.17, 15) is 18.8 Å². The van der Waals surface area contributed by atoms with Crippen LogP contribution < -0.4 is 10.9 Å². The van der Waals surface area contributed by atoms with Crippen LogP contribution in [-0.2, 0) is 11.3 Å². The molecule has 4 rings (SSSR count). The van der Waals surface area contributed by atoms with E-state index in [1.54, 1.807) is 42.2 Å². The number of halogens is 1. The first-order valence-corrected chi connectivity index (χ1v) is 10.5. The highest BCUT2D eigenvalue weighted by Crippen LogP contribution is 2.20. The molecule has 1 aromatic carbocycles. The van der Waals surface area contributed by atoms with E-state index in [-0.39, 0.29) is 35.7 Å². The average Bonchev–Trinajstić information content (AvgIpc) is 3.34. The molecule has 2 amide bonds. The van der Waals surface area contributed by atoms with Gasteiger partial charge in [0.05, 0.1) is 12.0 Å². The molecule has 1 fully saturated rings. The zero-order chi connectivity index (χ0) is 22.7. The van der Waals surface area contributed by atoms with Gasteiger partial charge in [-0.25, -0.2) is 4.39 Å². The van der Waals surface area contributed by atoms with Crippen LogP contribution in [0.1, 0.15) is 34.3 Å². The molecule has 32 heavy (non-hydrogen) atoms. The molecular weight excluding hydrogens is 413 g/mol. The second kappa shape index (κ2) is 9.21. The molecular formula is C24H24FN3O4. The van der Waals surface area contributed by atoms with Crippen molar-refractivity contribution in [1.29, 1.82) is 0 Å². The highest BCUT2D eigenvalue weighted by molar-refractivity contribution is 5.94. The smallest absolute Gasteiger partial charge is 0.261 e. The summed E-state index contributed by atoms with van der Waals surface area (Å²) in [5.74, 6) is -0.476. The van der Waals surface area contributed by atoms with E-state index in [2.05, 4.69) is 10.3 Å². The molecule has 3 aromatic rings. The molecule has 1 aliphatic rings. The summed E-state index contributed by atoms with van der Waals surface area (Å²) in [6, 6.07) is 11.5. The zero-order valence-electron chi connectivity index (χ0n) is 17.7.